The lowest BCUT2D eigenvalue weighted by molar-refractivity contribution is -0.137. The van der Waals surface area contributed by atoms with Crippen molar-refractivity contribution in [3.63, 3.8) is 0 Å². The van der Waals surface area contributed by atoms with Crippen molar-refractivity contribution < 1.29 is 27.5 Å². The number of esters is 1. The van der Waals surface area contributed by atoms with Crippen LogP contribution < -0.4 is 5.32 Å². The fraction of sp³-hybridized carbons (Fsp3) is 0.133. The van der Waals surface area contributed by atoms with E-state index in [0.29, 0.717) is 5.00 Å². The number of rotatable bonds is 4. The lowest BCUT2D eigenvalue weighted by Crippen LogP contribution is -2.20. The number of alkyl halides is 3. The van der Waals surface area contributed by atoms with Crippen molar-refractivity contribution in [2.75, 3.05) is 11.9 Å². The first-order valence-corrected chi connectivity index (χ1v) is 7.31. The van der Waals surface area contributed by atoms with E-state index >= 15 is 0 Å². The molecule has 0 unspecified atom stereocenters. The number of hydrogen-bond acceptors (Lipinski definition) is 5. The van der Waals surface area contributed by atoms with Crippen molar-refractivity contribution in [1.82, 2.24) is 0 Å². The number of anilines is 1. The molecular formula is C15H9F3N2O3S. The minimum Gasteiger partial charge on any atom is -0.452 e. The molecule has 124 valence electrons. The summed E-state index contributed by atoms with van der Waals surface area (Å²) in [6.07, 6.45) is -4.50. The quantitative estimate of drug-likeness (QED) is 0.853. The first-order valence-electron chi connectivity index (χ1n) is 6.43. The molecule has 0 aliphatic carbocycles. The number of nitrogens with zero attached hydrogens (tertiary/aromatic N) is 1. The second-order valence-electron chi connectivity index (χ2n) is 4.47. The van der Waals surface area contributed by atoms with E-state index in [1.54, 1.807) is 5.38 Å². The number of benzene rings is 1. The predicted molar refractivity (Wildman–Crippen MR) is 79.4 cm³/mol. The highest BCUT2D eigenvalue weighted by molar-refractivity contribution is 7.14. The molecule has 0 aliphatic heterocycles. The van der Waals surface area contributed by atoms with Gasteiger partial charge in [-0.3, -0.25) is 4.79 Å². The second-order valence-corrected chi connectivity index (χ2v) is 5.39. The van der Waals surface area contributed by atoms with Crippen molar-refractivity contribution in [2.45, 2.75) is 6.18 Å². The topological polar surface area (TPSA) is 79.2 Å². The Labute approximate surface area is 138 Å². The SMILES string of the molecule is N#Cc1ccsc1NC(=O)COC(=O)c1ccc(C(F)(F)F)cc1. The van der Waals surface area contributed by atoms with Gasteiger partial charge < -0.3 is 10.1 Å². The molecule has 1 amide bonds. The molecule has 0 atom stereocenters. The van der Waals surface area contributed by atoms with Gasteiger partial charge in [-0.25, -0.2) is 4.79 Å². The van der Waals surface area contributed by atoms with Crippen LogP contribution in [0.3, 0.4) is 0 Å². The highest BCUT2D eigenvalue weighted by Crippen LogP contribution is 2.29. The summed E-state index contributed by atoms with van der Waals surface area (Å²) in [5, 5.41) is 13.2. The van der Waals surface area contributed by atoms with Crippen molar-refractivity contribution in [2.24, 2.45) is 0 Å². The summed E-state index contributed by atoms with van der Waals surface area (Å²) in [6.45, 7) is -0.622. The van der Waals surface area contributed by atoms with E-state index in [1.165, 1.54) is 6.07 Å². The summed E-state index contributed by atoms with van der Waals surface area (Å²) in [5.41, 5.74) is -0.717. The van der Waals surface area contributed by atoms with Gasteiger partial charge in [0, 0.05) is 0 Å². The van der Waals surface area contributed by atoms with E-state index in [0.717, 1.165) is 35.6 Å². The molecule has 0 radical (unpaired) electrons. The molecule has 5 nitrogen and oxygen atoms in total. The highest BCUT2D eigenvalue weighted by Gasteiger charge is 2.30. The summed E-state index contributed by atoms with van der Waals surface area (Å²) in [4.78, 5) is 23.4. The maximum Gasteiger partial charge on any atom is 0.416 e. The van der Waals surface area contributed by atoms with Crippen LogP contribution in [-0.4, -0.2) is 18.5 Å². The van der Waals surface area contributed by atoms with Crippen LogP contribution in [-0.2, 0) is 15.7 Å². The second kappa shape index (κ2) is 7.14. The Morgan fingerprint density at radius 3 is 2.46 bits per heavy atom. The van der Waals surface area contributed by atoms with Gasteiger partial charge in [0.15, 0.2) is 6.61 Å². The number of carbonyl (C=O) groups excluding carboxylic acids is 2. The number of halogens is 3. The summed E-state index contributed by atoms with van der Waals surface area (Å²) in [7, 11) is 0. The average molecular weight is 354 g/mol. The van der Waals surface area contributed by atoms with Gasteiger partial charge in [0.25, 0.3) is 5.91 Å². The minimum atomic E-state index is -4.50. The van der Waals surface area contributed by atoms with Crippen LogP contribution >= 0.6 is 11.3 Å². The van der Waals surface area contributed by atoms with Gasteiger partial charge in [-0.05, 0) is 35.7 Å². The van der Waals surface area contributed by atoms with E-state index in [9.17, 15) is 22.8 Å². The predicted octanol–water partition coefficient (Wildman–Crippen LogP) is 3.43. The zero-order valence-corrected chi connectivity index (χ0v) is 12.7. The molecule has 0 fully saturated rings. The smallest absolute Gasteiger partial charge is 0.416 e. The standard InChI is InChI=1S/C15H9F3N2O3S/c16-15(17,18)11-3-1-9(2-4-11)14(22)23-8-12(21)20-13-10(7-19)5-6-24-13/h1-6H,8H2,(H,20,21). The zero-order chi connectivity index (χ0) is 17.7. The summed E-state index contributed by atoms with van der Waals surface area (Å²) < 4.78 is 42.0. The first kappa shape index (κ1) is 17.5. The molecule has 0 saturated carbocycles. The van der Waals surface area contributed by atoms with Crippen molar-refractivity contribution in [3.05, 3.63) is 52.4 Å². The van der Waals surface area contributed by atoms with Crippen molar-refractivity contribution in [1.29, 1.82) is 5.26 Å². The molecule has 9 heteroatoms. The lowest BCUT2D eigenvalue weighted by Gasteiger charge is -2.08. The van der Waals surface area contributed by atoms with Crippen LogP contribution in [0.15, 0.2) is 35.7 Å². The molecule has 2 rings (SSSR count). The fourth-order valence-corrected chi connectivity index (χ4v) is 2.42. The Kier molecular flexibility index (Phi) is 5.21. The monoisotopic (exact) mass is 354 g/mol. The van der Waals surface area contributed by atoms with Crippen LogP contribution in [0.2, 0.25) is 0 Å². The third-order valence-electron chi connectivity index (χ3n) is 2.82. The van der Waals surface area contributed by atoms with Crippen LogP contribution in [0.4, 0.5) is 18.2 Å². The third kappa shape index (κ3) is 4.33. The fourth-order valence-electron chi connectivity index (χ4n) is 1.67. The lowest BCUT2D eigenvalue weighted by atomic mass is 10.1. The van der Waals surface area contributed by atoms with Gasteiger partial charge in [-0.1, -0.05) is 0 Å². The molecule has 24 heavy (non-hydrogen) atoms. The molecule has 0 bridgehead atoms. The van der Waals surface area contributed by atoms with Crippen LogP contribution in [0.25, 0.3) is 0 Å². The number of thiophene rings is 1. The molecule has 1 heterocycles. The maximum atomic E-state index is 12.4. The average Bonchev–Trinajstić information content (AvgIpc) is 2.99. The van der Waals surface area contributed by atoms with Crippen molar-refractivity contribution >= 4 is 28.2 Å². The van der Waals surface area contributed by atoms with Gasteiger partial charge in [0.05, 0.1) is 16.7 Å². The summed E-state index contributed by atoms with van der Waals surface area (Å²) >= 11 is 1.14. The van der Waals surface area contributed by atoms with Gasteiger partial charge in [-0.15, -0.1) is 11.3 Å². The Hall–Kier alpha value is -2.86. The number of amides is 1. The highest BCUT2D eigenvalue weighted by atomic mass is 32.1. The van der Waals surface area contributed by atoms with Gasteiger partial charge in [0.2, 0.25) is 0 Å². The molecule has 0 spiro atoms. The maximum absolute atomic E-state index is 12.4. The molecule has 1 aromatic carbocycles. The molecular weight excluding hydrogens is 345 g/mol. The third-order valence-corrected chi connectivity index (χ3v) is 3.65. The number of nitrogens with one attached hydrogen (secondary N) is 1. The number of nitriles is 1. The van der Waals surface area contributed by atoms with Crippen LogP contribution in [0.1, 0.15) is 21.5 Å². The Morgan fingerprint density at radius 1 is 1.21 bits per heavy atom. The Balaban J connectivity index is 1.91. The summed E-state index contributed by atoms with van der Waals surface area (Å²) in [5.74, 6) is -1.58. The zero-order valence-electron chi connectivity index (χ0n) is 11.9. The number of ether oxygens (including phenoxy) is 1. The van der Waals surface area contributed by atoms with E-state index in [4.69, 9.17) is 10.00 Å². The van der Waals surface area contributed by atoms with E-state index in [1.807, 2.05) is 6.07 Å². The molecule has 2 aromatic rings. The van der Waals surface area contributed by atoms with E-state index in [2.05, 4.69) is 5.32 Å². The Morgan fingerprint density at radius 2 is 1.88 bits per heavy atom. The van der Waals surface area contributed by atoms with E-state index < -0.39 is 30.2 Å². The first-order chi connectivity index (χ1) is 11.3. The van der Waals surface area contributed by atoms with Gasteiger partial charge >= 0.3 is 12.1 Å². The summed E-state index contributed by atoms with van der Waals surface area (Å²) in [6, 6.07) is 6.85. The van der Waals surface area contributed by atoms with Gasteiger partial charge in [0.1, 0.15) is 11.1 Å². The van der Waals surface area contributed by atoms with Crippen LogP contribution in [0, 0.1) is 11.3 Å². The normalized spacial score (nSPS) is 10.8. The minimum absolute atomic E-state index is 0.107. The van der Waals surface area contributed by atoms with Gasteiger partial charge in [-0.2, -0.15) is 18.4 Å². The van der Waals surface area contributed by atoms with E-state index in [-0.39, 0.29) is 11.1 Å². The number of hydrogen-bond donors (Lipinski definition) is 1. The van der Waals surface area contributed by atoms with Crippen molar-refractivity contribution in [3.8, 4) is 6.07 Å². The molecule has 0 saturated heterocycles. The van der Waals surface area contributed by atoms with Crippen LogP contribution in [0.5, 0.6) is 0 Å². The molecule has 1 aromatic heterocycles. The molecule has 1 N–H and O–H groups in total. The number of carbonyl (C=O) groups is 2. The largest absolute Gasteiger partial charge is 0.452 e. The molecule has 0 aliphatic rings. The Bertz CT molecular complexity index is 792.